The highest BCUT2D eigenvalue weighted by atomic mass is 32.2. The largest absolute Gasteiger partial charge is 0.465 e. The smallest absolute Gasteiger partial charge is 0.341 e. The maximum Gasteiger partial charge on any atom is 0.341 e. The number of amides is 1. The summed E-state index contributed by atoms with van der Waals surface area (Å²) in [6, 6.07) is 9.91. The zero-order valence-electron chi connectivity index (χ0n) is 19.0. The van der Waals surface area contributed by atoms with Crippen LogP contribution in [0.2, 0.25) is 0 Å². The van der Waals surface area contributed by atoms with Crippen LogP contribution >= 0.6 is 23.1 Å². The molecule has 8 nitrogen and oxygen atoms in total. The fourth-order valence-electron chi connectivity index (χ4n) is 3.84. The number of anilines is 2. The Labute approximate surface area is 206 Å². The van der Waals surface area contributed by atoms with E-state index in [1.54, 1.807) is 6.08 Å². The second-order valence-corrected chi connectivity index (χ2v) is 9.88. The molecule has 1 aliphatic carbocycles. The van der Waals surface area contributed by atoms with Crippen LogP contribution in [0, 0.1) is 0 Å². The van der Waals surface area contributed by atoms with E-state index >= 15 is 0 Å². The summed E-state index contributed by atoms with van der Waals surface area (Å²) in [5.74, 6) is 0.800. The molecule has 0 unspecified atom stereocenters. The molecule has 10 heteroatoms. The molecule has 4 rings (SSSR count). The Morgan fingerprint density at radius 1 is 1.26 bits per heavy atom. The number of nitrogens with zero attached hydrogens (tertiary/aromatic N) is 3. The molecular weight excluding hydrogens is 470 g/mol. The van der Waals surface area contributed by atoms with Gasteiger partial charge in [-0.25, -0.2) is 4.79 Å². The first kappa shape index (κ1) is 24.0. The Bertz CT molecular complexity index is 1170. The first-order valence-corrected chi connectivity index (χ1v) is 12.9. The van der Waals surface area contributed by atoms with Crippen molar-refractivity contribution in [2.24, 2.45) is 0 Å². The number of benzene rings is 1. The third-order valence-electron chi connectivity index (χ3n) is 5.45. The number of esters is 1. The molecule has 0 saturated carbocycles. The van der Waals surface area contributed by atoms with Gasteiger partial charge in [-0.05, 0) is 37.0 Å². The lowest BCUT2D eigenvalue weighted by Gasteiger charge is -2.10. The lowest BCUT2D eigenvalue weighted by Crippen LogP contribution is -2.15. The number of para-hydroxylation sites is 1. The minimum atomic E-state index is -0.391. The van der Waals surface area contributed by atoms with Crippen LogP contribution < -0.4 is 10.6 Å². The van der Waals surface area contributed by atoms with Crippen molar-refractivity contribution in [3.05, 3.63) is 64.8 Å². The van der Waals surface area contributed by atoms with Gasteiger partial charge >= 0.3 is 5.97 Å². The van der Waals surface area contributed by atoms with Crippen molar-refractivity contribution in [2.75, 3.05) is 23.5 Å². The maximum atomic E-state index is 12.6. The number of methoxy groups -OCH3 is 1. The van der Waals surface area contributed by atoms with Gasteiger partial charge in [0, 0.05) is 29.3 Å². The predicted molar refractivity (Wildman–Crippen MR) is 136 cm³/mol. The number of nitrogens with one attached hydrogen (secondary N) is 2. The van der Waals surface area contributed by atoms with Crippen molar-refractivity contribution in [1.82, 2.24) is 14.8 Å². The zero-order chi connectivity index (χ0) is 23.9. The van der Waals surface area contributed by atoms with Crippen molar-refractivity contribution < 1.29 is 14.3 Å². The first-order valence-electron chi connectivity index (χ1n) is 11.1. The van der Waals surface area contributed by atoms with Gasteiger partial charge in [0.15, 0.2) is 11.0 Å². The number of fused-ring (bicyclic) bond motifs is 1. The molecule has 0 bridgehead atoms. The molecule has 0 atom stereocenters. The Morgan fingerprint density at radius 2 is 2.09 bits per heavy atom. The number of ether oxygens (including phenoxy) is 1. The van der Waals surface area contributed by atoms with Gasteiger partial charge < -0.3 is 19.9 Å². The van der Waals surface area contributed by atoms with Crippen LogP contribution in [0.5, 0.6) is 0 Å². The molecule has 0 fully saturated rings. The van der Waals surface area contributed by atoms with Crippen LogP contribution in [-0.2, 0) is 35.5 Å². The summed E-state index contributed by atoms with van der Waals surface area (Å²) >= 11 is 2.95. The van der Waals surface area contributed by atoms with Crippen molar-refractivity contribution in [1.29, 1.82) is 0 Å². The Kier molecular flexibility index (Phi) is 8.02. The van der Waals surface area contributed by atoms with Crippen LogP contribution in [-0.4, -0.2) is 39.5 Å². The van der Waals surface area contributed by atoms with Crippen LogP contribution in [0.25, 0.3) is 0 Å². The third kappa shape index (κ3) is 5.51. The molecule has 3 aromatic rings. The summed E-state index contributed by atoms with van der Waals surface area (Å²) < 4.78 is 6.94. The number of thioether (sulfide) groups is 1. The van der Waals surface area contributed by atoms with Crippen molar-refractivity contribution in [3.63, 3.8) is 0 Å². The number of thiophene rings is 1. The van der Waals surface area contributed by atoms with Gasteiger partial charge in [-0.1, -0.05) is 36.0 Å². The number of hydrogen-bond acceptors (Lipinski definition) is 8. The number of hydrogen-bond donors (Lipinski definition) is 2. The minimum absolute atomic E-state index is 0.140. The molecular formula is C24H27N5O3S2. The number of aryl methyl sites for hydroxylation is 1. The summed E-state index contributed by atoms with van der Waals surface area (Å²) in [5.41, 5.74) is 2.55. The van der Waals surface area contributed by atoms with E-state index in [-0.39, 0.29) is 12.3 Å². The summed E-state index contributed by atoms with van der Waals surface area (Å²) in [4.78, 5) is 26.1. The average molecular weight is 498 g/mol. The predicted octanol–water partition coefficient (Wildman–Crippen LogP) is 4.53. The number of carbonyl (C=O) groups is 2. The van der Waals surface area contributed by atoms with Gasteiger partial charge in [-0.2, -0.15) is 0 Å². The van der Waals surface area contributed by atoms with E-state index in [1.807, 2.05) is 34.9 Å². The van der Waals surface area contributed by atoms with Gasteiger partial charge in [0.1, 0.15) is 5.00 Å². The summed E-state index contributed by atoms with van der Waals surface area (Å²) in [7, 11) is 1.37. The SMILES string of the molecule is C=CCn1c(CNc2ccccc2)nnc1SCCC(=O)Nc1sc2c(c1C(=O)OC)CCC2. The number of aromatic nitrogens is 3. The van der Waals surface area contributed by atoms with Crippen molar-refractivity contribution in [3.8, 4) is 0 Å². The van der Waals surface area contributed by atoms with Crippen LogP contribution in [0.1, 0.15) is 39.5 Å². The van der Waals surface area contributed by atoms with E-state index in [4.69, 9.17) is 4.74 Å². The van der Waals surface area contributed by atoms with Crippen LogP contribution in [0.3, 0.4) is 0 Å². The van der Waals surface area contributed by atoms with Gasteiger partial charge in [-0.3, -0.25) is 4.79 Å². The second-order valence-electron chi connectivity index (χ2n) is 7.72. The van der Waals surface area contributed by atoms with Gasteiger partial charge in [0.25, 0.3) is 0 Å². The summed E-state index contributed by atoms with van der Waals surface area (Å²) in [6.07, 6.45) is 4.91. The van der Waals surface area contributed by atoms with Crippen LogP contribution in [0.4, 0.5) is 10.7 Å². The number of rotatable bonds is 11. The second kappa shape index (κ2) is 11.3. The Balaban J connectivity index is 1.34. The van der Waals surface area contributed by atoms with E-state index in [0.717, 1.165) is 41.5 Å². The Morgan fingerprint density at radius 3 is 2.85 bits per heavy atom. The highest BCUT2D eigenvalue weighted by Gasteiger charge is 2.28. The van der Waals surface area contributed by atoms with Crippen molar-refractivity contribution in [2.45, 2.75) is 43.9 Å². The topological polar surface area (TPSA) is 98.1 Å². The highest BCUT2D eigenvalue weighted by Crippen LogP contribution is 2.39. The van der Waals surface area contributed by atoms with Gasteiger partial charge in [-0.15, -0.1) is 28.1 Å². The minimum Gasteiger partial charge on any atom is -0.465 e. The molecule has 0 aliphatic heterocycles. The molecule has 2 aromatic heterocycles. The zero-order valence-corrected chi connectivity index (χ0v) is 20.6. The summed E-state index contributed by atoms with van der Waals surface area (Å²) in [6.45, 7) is 4.95. The number of allylic oxidation sites excluding steroid dienone is 1. The van der Waals surface area contributed by atoms with E-state index in [9.17, 15) is 9.59 Å². The van der Waals surface area contributed by atoms with Gasteiger partial charge in [0.2, 0.25) is 5.91 Å². The van der Waals surface area contributed by atoms with Gasteiger partial charge in [0.05, 0.1) is 19.2 Å². The van der Waals surface area contributed by atoms with E-state index in [2.05, 4.69) is 27.4 Å². The first-order chi connectivity index (χ1) is 16.6. The molecule has 178 valence electrons. The fourth-order valence-corrected chi connectivity index (χ4v) is 6.04. The maximum absolute atomic E-state index is 12.6. The Hall–Kier alpha value is -3.11. The van der Waals surface area contributed by atoms with Crippen molar-refractivity contribution >= 4 is 45.7 Å². The molecule has 1 aromatic carbocycles. The monoisotopic (exact) mass is 497 g/mol. The molecule has 1 amide bonds. The van der Waals surface area contributed by atoms with E-state index in [0.29, 0.717) is 29.4 Å². The molecule has 0 saturated heterocycles. The quantitative estimate of drug-likeness (QED) is 0.228. The summed E-state index contributed by atoms with van der Waals surface area (Å²) in [5, 5.41) is 16.2. The lowest BCUT2D eigenvalue weighted by molar-refractivity contribution is -0.115. The van der Waals surface area contributed by atoms with Crippen LogP contribution in [0.15, 0.2) is 48.1 Å². The molecule has 0 spiro atoms. The lowest BCUT2D eigenvalue weighted by atomic mass is 10.1. The highest BCUT2D eigenvalue weighted by molar-refractivity contribution is 7.99. The molecule has 0 radical (unpaired) electrons. The standard InChI is InChI=1S/C24H27N5O3S2/c1-3-13-29-19(15-25-16-8-5-4-6-9-16)27-28-24(29)33-14-12-20(30)26-22-21(23(31)32-2)17-10-7-11-18(17)34-22/h3-6,8-9,25H,1,7,10-15H2,2H3,(H,26,30). The van der Waals surface area contributed by atoms with E-state index < -0.39 is 5.97 Å². The normalized spacial score (nSPS) is 12.3. The third-order valence-corrected chi connectivity index (χ3v) is 7.63. The fraction of sp³-hybridized carbons (Fsp3) is 0.333. The van der Waals surface area contributed by atoms with E-state index in [1.165, 1.54) is 35.1 Å². The molecule has 1 aliphatic rings. The molecule has 2 heterocycles. The average Bonchev–Trinajstić information content (AvgIpc) is 3.53. The molecule has 34 heavy (non-hydrogen) atoms. The number of carbonyl (C=O) groups excluding carboxylic acids is 2. The molecule has 2 N–H and O–H groups in total.